The number of carbonyl (C=O) groups excluding carboxylic acids is 1. The van der Waals surface area contributed by atoms with Gasteiger partial charge >= 0.3 is 18.1 Å². The molecule has 36 heavy (non-hydrogen) atoms. The van der Waals surface area contributed by atoms with Crippen LogP contribution in [0, 0.1) is 5.82 Å². The molecule has 0 unspecified atom stereocenters. The maximum Gasteiger partial charge on any atom is 0.490 e. The minimum atomic E-state index is -5.08. The first-order valence-electron chi connectivity index (χ1n) is 10.5. The van der Waals surface area contributed by atoms with Crippen molar-refractivity contribution in [3.63, 3.8) is 0 Å². The normalized spacial score (nSPS) is 10.6. The summed E-state index contributed by atoms with van der Waals surface area (Å²) in [5.41, 5.74) is 2.38. The van der Waals surface area contributed by atoms with E-state index in [2.05, 4.69) is 5.32 Å². The summed E-state index contributed by atoms with van der Waals surface area (Å²) in [4.78, 5) is 35.0. The van der Waals surface area contributed by atoms with E-state index in [4.69, 9.17) is 9.90 Å². The number of anilines is 2. The lowest BCUT2D eigenvalue weighted by molar-refractivity contribution is -0.192. The lowest BCUT2D eigenvalue weighted by atomic mass is 10.1. The van der Waals surface area contributed by atoms with E-state index < -0.39 is 29.8 Å². The van der Waals surface area contributed by atoms with Crippen LogP contribution in [0.5, 0.6) is 0 Å². The minimum Gasteiger partial charge on any atom is -0.478 e. The number of hydrogen-bond acceptors (Lipinski definition) is 4. The van der Waals surface area contributed by atoms with Gasteiger partial charge in [0, 0.05) is 24.3 Å². The maximum atomic E-state index is 13.0. The summed E-state index contributed by atoms with van der Waals surface area (Å²) in [6.07, 6.45) is -5.08. The van der Waals surface area contributed by atoms with Gasteiger partial charge in [-0.3, -0.25) is 4.79 Å². The highest BCUT2D eigenvalue weighted by atomic mass is 19.4. The Morgan fingerprint density at radius 1 is 0.917 bits per heavy atom. The first kappa shape index (κ1) is 27.8. The van der Waals surface area contributed by atoms with Gasteiger partial charge in [-0.2, -0.15) is 13.2 Å². The molecule has 0 saturated heterocycles. The Kier molecular flexibility index (Phi) is 9.54. The zero-order valence-electron chi connectivity index (χ0n) is 18.9. The molecule has 0 aliphatic rings. The van der Waals surface area contributed by atoms with E-state index >= 15 is 0 Å². The third kappa shape index (κ3) is 8.12. The van der Waals surface area contributed by atoms with Gasteiger partial charge in [-0.25, -0.2) is 14.0 Å². The predicted octanol–water partition coefficient (Wildman–Crippen LogP) is 5.44. The molecular weight excluding hydrogens is 484 g/mol. The standard InChI is InChI=1S/C23H21FN2O3.C2HF3O2/c1-2-26(15-16-6-4-3-5-7-16)21-13-12-19(14-20(21)23(28)29)25-22(27)17-8-10-18(24)11-9-17;3-2(4,5)1(6)7/h3-14H,2,15H2,1H3,(H,25,27)(H,28,29);(H,6,7). The molecule has 0 aliphatic heterocycles. The molecule has 3 N–H and O–H groups in total. The molecule has 0 heterocycles. The second-order valence-corrected chi connectivity index (χ2v) is 7.30. The molecule has 0 atom stereocenters. The maximum absolute atomic E-state index is 13.0. The highest BCUT2D eigenvalue weighted by molar-refractivity contribution is 6.05. The number of amides is 1. The summed E-state index contributed by atoms with van der Waals surface area (Å²) in [5.74, 6) is -4.71. The van der Waals surface area contributed by atoms with E-state index in [-0.39, 0.29) is 11.1 Å². The number of carboxylic acids is 2. The summed E-state index contributed by atoms with van der Waals surface area (Å²) in [6, 6.07) is 19.7. The molecule has 3 aromatic carbocycles. The Bertz CT molecular complexity index is 1200. The predicted molar refractivity (Wildman–Crippen MR) is 125 cm³/mol. The number of benzene rings is 3. The second-order valence-electron chi connectivity index (χ2n) is 7.30. The van der Waals surface area contributed by atoms with Crippen LogP contribution in [0.15, 0.2) is 72.8 Å². The van der Waals surface area contributed by atoms with Crippen LogP contribution in [0.3, 0.4) is 0 Å². The average molecular weight is 506 g/mol. The smallest absolute Gasteiger partial charge is 0.478 e. The van der Waals surface area contributed by atoms with Gasteiger partial charge in [-0.1, -0.05) is 30.3 Å². The van der Waals surface area contributed by atoms with Gasteiger partial charge in [0.2, 0.25) is 0 Å². The zero-order chi connectivity index (χ0) is 26.9. The van der Waals surface area contributed by atoms with Crippen molar-refractivity contribution in [3.8, 4) is 0 Å². The van der Waals surface area contributed by atoms with E-state index in [0.717, 1.165) is 5.56 Å². The SMILES string of the molecule is CCN(Cc1ccccc1)c1ccc(NC(=O)c2ccc(F)cc2)cc1C(=O)O.O=C(O)C(F)(F)F. The lowest BCUT2D eigenvalue weighted by Crippen LogP contribution is -2.24. The highest BCUT2D eigenvalue weighted by Gasteiger charge is 2.38. The monoisotopic (exact) mass is 506 g/mol. The molecular formula is C25H22F4N2O5. The number of nitrogens with one attached hydrogen (secondary N) is 1. The van der Waals surface area contributed by atoms with Crippen molar-refractivity contribution in [2.75, 3.05) is 16.8 Å². The Labute approximate surface area is 203 Å². The topological polar surface area (TPSA) is 107 Å². The summed E-state index contributed by atoms with van der Waals surface area (Å²) in [6.45, 7) is 3.15. The van der Waals surface area contributed by atoms with Crippen LogP contribution >= 0.6 is 0 Å². The Morgan fingerprint density at radius 2 is 1.50 bits per heavy atom. The molecule has 190 valence electrons. The van der Waals surface area contributed by atoms with E-state index in [9.17, 15) is 32.3 Å². The molecule has 0 bridgehead atoms. The Balaban J connectivity index is 0.000000572. The number of rotatable bonds is 7. The molecule has 0 spiro atoms. The number of aromatic carboxylic acids is 1. The zero-order valence-corrected chi connectivity index (χ0v) is 18.9. The van der Waals surface area contributed by atoms with Crippen molar-refractivity contribution in [2.45, 2.75) is 19.6 Å². The van der Waals surface area contributed by atoms with E-state index in [1.807, 2.05) is 42.2 Å². The van der Waals surface area contributed by atoms with Crippen molar-refractivity contribution in [1.29, 1.82) is 0 Å². The third-order valence-electron chi connectivity index (χ3n) is 4.77. The van der Waals surface area contributed by atoms with E-state index in [1.54, 1.807) is 12.1 Å². The van der Waals surface area contributed by atoms with Crippen molar-refractivity contribution < 1.29 is 42.2 Å². The first-order chi connectivity index (χ1) is 16.9. The highest BCUT2D eigenvalue weighted by Crippen LogP contribution is 2.26. The van der Waals surface area contributed by atoms with Crippen LogP contribution in [0.25, 0.3) is 0 Å². The number of alkyl halides is 3. The number of hydrogen-bond donors (Lipinski definition) is 3. The second kappa shape index (κ2) is 12.3. The molecule has 0 saturated carbocycles. The number of halogens is 4. The van der Waals surface area contributed by atoms with Gasteiger partial charge in [0.25, 0.3) is 5.91 Å². The van der Waals surface area contributed by atoms with Gasteiger partial charge in [-0.15, -0.1) is 0 Å². The fraction of sp³-hybridized carbons (Fsp3) is 0.160. The van der Waals surface area contributed by atoms with Crippen LogP contribution in [-0.2, 0) is 11.3 Å². The van der Waals surface area contributed by atoms with Crippen LogP contribution in [0.1, 0.15) is 33.2 Å². The average Bonchev–Trinajstić information content (AvgIpc) is 2.83. The van der Waals surface area contributed by atoms with Crippen molar-refractivity contribution in [2.24, 2.45) is 0 Å². The molecule has 7 nitrogen and oxygen atoms in total. The number of carboxylic acid groups (broad SMARTS) is 2. The van der Waals surface area contributed by atoms with Crippen molar-refractivity contribution in [3.05, 3.63) is 95.3 Å². The fourth-order valence-electron chi connectivity index (χ4n) is 3.04. The molecule has 0 aromatic heterocycles. The van der Waals surface area contributed by atoms with Crippen molar-refractivity contribution in [1.82, 2.24) is 0 Å². The van der Waals surface area contributed by atoms with E-state index in [0.29, 0.717) is 24.5 Å². The number of nitrogens with zero attached hydrogens (tertiary/aromatic N) is 1. The first-order valence-corrected chi connectivity index (χ1v) is 10.5. The Morgan fingerprint density at radius 3 is 2.00 bits per heavy atom. The fourth-order valence-corrected chi connectivity index (χ4v) is 3.04. The minimum absolute atomic E-state index is 0.0969. The van der Waals surface area contributed by atoms with Gasteiger partial charge < -0.3 is 20.4 Å². The van der Waals surface area contributed by atoms with Gasteiger partial charge in [0.15, 0.2) is 0 Å². The quantitative estimate of drug-likeness (QED) is 0.369. The lowest BCUT2D eigenvalue weighted by Gasteiger charge is -2.25. The van der Waals surface area contributed by atoms with Gasteiger partial charge in [0.05, 0.1) is 11.3 Å². The van der Waals surface area contributed by atoms with Crippen LogP contribution in [0.4, 0.5) is 28.9 Å². The summed E-state index contributed by atoms with van der Waals surface area (Å²) in [5, 5.41) is 19.5. The van der Waals surface area contributed by atoms with Gasteiger partial charge in [-0.05, 0) is 55.0 Å². The van der Waals surface area contributed by atoms with Crippen LogP contribution in [0.2, 0.25) is 0 Å². The van der Waals surface area contributed by atoms with Crippen molar-refractivity contribution >= 4 is 29.2 Å². The molecule has 11 heteroatoms. The molecule has 3 rings (SSSR count). The molecule has 0 aliphatic carbocycles. The summed E-state index contributed by atoms with van der Waals surface area (Å²) < 4.78 is 44.8. The molecule has 0 fully saturated rings. The molecule has 3 aromatic rings. The number of aliphatic carboxylic acids is 1. The molecule has 0 radical (unpaired) electrons. The Hall–Kier alpha value is -4.41. The molecule has 1 amide bonds. The largest absolute Gasteiger partial charge is 0.490 e. The number of carbonyl (C=O) groups is 3. The summed E-state index contributed by atoms with van der Waals surface area (Å²) in [7, 11) is 0. The van der Waals surface area contributed by atoms with Gasteiger partial charge in [0.1, 0.15) is 5.82 Å². The van der Waals surface area contributed by atoms with Crippen LogP contribution < -0.4 is 10.2 Å². The third-order valence-corrected chi connectivity index (χ3v) is 4.77. The van der Waals surface area contributed by atoms with E-state index in [1.165, 1.54) is 30.3 Å². The van der Waals surface area contributed by atoms with Crippen LogP contribution in [-0.4, -0.2) is 40.8 Å². The summed E-state index contributed by atoms with van der Waals surface area (Å²) >= 11 is 0.